The van der Waals surface area contributed by atoms with Crippen molar-refractivity contribution in [3.63, 3.8) is 0 Å². The van der Waals surface area contributed by atoms with Crippen LogP contribution in [0.25, 0.3) is 0 Å². The van der Waals surface area contributed by atoms with Gasteiger partial charge in [-0.05, 0) is 54.8 Å². The average molecular weight is 337 g/mol. The molecule has 0 aromatic carbocycles. The third-order valence-corrected chi connectivity index (χ3v) is 7.32. The molecule has 0 amide bonds. The SMILES string of the molecule is C=C1CCC2C(C1=O)C(=O)C(SC)C(C(C)CC)C2CCCC. The van der Waals surface area contributed by atoms with Gasteiger partial charge in [0, 0.05) is 0 Å². The van der Waals surface area contributed by atoms with Crippen molar-refractivity contribution >= 4 is 23.3 Å². The lowest BCUT2D eigenvalue weighted by Gasteiger charge is -2.49. The molecule has 3 heteroatoms. The van der Waals surface area contributed by atoms with Crippen LogP contribution in [-0.2, 0) is 9.59 Å². The highest BCUT2D eigenvalue weighted by Gasteiger charge is 2.54. The van der Waals surface area contributed by atoms with Crippen molar-refractivity contribution in [3.05, 3.63) is 12.2 Å². The van der Waals surface area contributed by atoms with Crippen LogP contribution in [0.3, 0.4) is 0 Å². The van der Waals surface area contributed by atoms with Crippen molar-refractivity contribution in [2.24, 2.45) is 29.6 Å². The van der Waals surface area contributed by atoms with Crippen LogP contribution in [0.15, 0.2) is 12.2 Å². The van der Waals surface area contributed by atoms with Crippen molar-refractivity contribution in [3.8, 4) is 0 Å². The van der Waals surface area contributed by atoms with E-state index in [1.807, 2.05) is 6.26 Å². The van der Waals surface area contributed by atoms with Crippen LogP contribution in [0.1, 0.15) is 59.3 Å². The van der Waals surface area contributed by atoms with Gasteiger partial charge in [-0.15, -0.1) is 0 Å². The van der Waals surface area contributed by atoms with Gasteiger partial charge in [0.15, 0.2) is 11.6 Å². The Morgan fingerprint density at radius 3 is 2.57 bits per heavy atom. The first-order valence-corrected chi connectivity index (χ1v) is 10.5. The zero-order chi connectivity index (χ0) is 17.1. The van der Waals surface area contributed by atoms with Crippen LogP contribution in [0.4, 0.5) is 0 Å². The lowest BCUT2D eigenvalue weighted by atomic mass is 9.56. The molecule has 2 rings (SSSR count). The predicted molar refractivity (Wildman–Crippen MR) is 98.6 cm³/mol. The van der Waals surface area contributed by atoms with E-state index in [9.17, 15) is 9.59 Å². The second kappa shape index (κ2) is 8.00. The van der Waals surface area contributed by atoms with Crippen molar-refractivity contribution in [2.45, 2.75) is 64.5 Å². The molecule has 23 heavy (non-hydrogen) atoms. The Labute approximate surface area is 145 Å². The number of hydrogen-bond donors (Lipinski definition) is 0. The van der Waals surface area contributed by atoms with Gasteiger partial charge in [0.25, 0.3) is 0 Å². The molecule has 0 aliphatic heterocycles. The molecule has 2 saturated carbocycles. The van der Waals surface area contributed by atoms with E-state index in [1.54, 1.807) is 11.8 Å². The van der Waals surface area contributed by atoms with Crippen LogP contribution in [0.5, 0.6) is 0 Å². The van der Waals surface area contributed by atoms with Gasteiger partial charge in [0.1, 0.15) is 0 Å². The van der Waals surface area contributed by atoms with Crippen LogP contribution >= 0.6 is 11.8 Å². The zero-order valence-corrected chi connectivity index (χ0v) is 16.0. The van der Waals surface area contributed by atoms with Crippen LogP contribution in [0, 0.1) is 29.6 Å². The molecule has 2 aliphatic carbocycles. The van der Waals surface area contributed by atoms with Crippen LogP contribution < -0.4 is 0 Å². The Kier molecular flexibility index (Phi) is 6.53. The highest BCUT2D eigenvalue weighted by molar-refractivity contribution is 7.99. The second-order valence-electron chi connectivity index (χ2n) is 7.48. The topological polar surface area (TPSA) is 34.1 Å². The van der Waals surface area contributed by atoms with E-state index in [0.717, 1.165) is 25.7 Å². The van der Waals surface area contributed by atoms with E-state index in [0.29, 0.717) is 23.3 Å². The summed E-state index contributed by atoms with van der Waals surface area (Å²) >= 11 is 1.67. The maximum absolute atomic E-state index is 13.1. The van der Waals surface area contributed by atoms with Crippen LogP contribution in [-0.4, -0.2) is 23.1 Å². The van der Waals surface area contributed by atoms with Gasteiger partial charge in [0.05, 0.1) is 11.2 Å². The van der Waals surface area contributed by atoms with E-state index in [1.165, 1.54) is 12.8 Å². The summed E-state index contributed by atoms with van der Waals surface area (Å²) in [5, 5.41) is -0.0112. The number of rotatable bonds is 6. The molecule has 2 fully saturated rings. The largest absolute Gasteiger partial charge is 0.298 e. The monoisotopic (exact) mass is 336 g/mol. The number of hydrogen-bond acceptors (Lipinski definition) is 3. The van der Waals surface area contributed by atoms with Crippen molar-refractivity contribution in [1.29, 1.82) is 0 Å². The Morgan fingerprint density at radius 1 is 1.30 bits per heavy atom. The summed E-state index contributed by atoms with van der Waals surface area (Å²) in [6, 6.07) is 0. The molecule has 0 aromatic heterocycles. The Balaban J connectivity index is 2.40. The molecular weight excluding hydrogens is 304 g/mol. The third kappa shape index (κ3) is 3.45. The fraction of sp³-hybridized carbons (Fsp3) is 0.800. The fourth-order valence-corrected chi connectivity index (χ4v) is 6.00. The van der Waals surface area contributed by atoms with Crippen molar-refractivity contribution < 1.29 is 9.59 Å². The molecule has 130 valence electrons. The van der Waals surface area contributed by atoms with Crippen molar-refractivity contribution in [1.82, 2.24) is 0 Å². The standard InChI is InChI=1S/C20H32O2S/c1-6-8-9-14-15-11-10-13(4)18(21)17(15)19(22)20(23-5)16(14)12(3)7-2/h12,14-17,20H,4,6-11H2,1-3,5H3. The van der Waals surface area contributed by atoms with Gasteiger partial charge in [-0.25, -0.2) is 0 Å². The van der Waals surface area contributed by atoms with E-state index in [4.69, 9.17) is 0 Å². The normalized spacial score (nSPS) is 36.0. The summed E-state index contributed by atoms with van der Waals surface area (Å²) in [6.07, 6.45) is 8.45. The molecule has 6 unspecified atom stereocenters. The first-order valence-electron chi connectivity index (χ1n) is 9.26. The lowest BCUT2D eigenvalue weighted by Crippen LogP contribution is -2.54. The number of thioether (sulfide) groups is 1. The Morgan fingerprint density at radius 2 is 2.00 bits per heavy atom. The summed E-state index contributed by atoms with van der Waals surface area (Å²) < 4.78 is 0. The molecule has 0 aromatic rings. The number of fused-ring (bicyclic) bond motifs is 1. The van der Waals surface area contributed by atoms with Gasteiger partial charge in [0.2, 0.25) is 0 Å². The first-order chi connectivity index (χ1) is 11.0. The number of unbranched alkanes of at least 4 members (excludes halogenated alkanes) is 1. The zero-order valence-electron chi connectivity index (χ0n) is 15.1. The molecule has 2 aliphatic rings. The van der Waals surface area contributed by atoms with E-state index in [2.05, 4.69) is 27.4 Å². The summed E-state index contributed by atoms with van der Waals surface area (Å²) in [6.45, 7) is 10.7. The molecule has 0 N–H and O–H groups in total. The highest BCUT2D eigenvalue weighted by Crippen LogP contribution is 2.51. The molecule has 0 bridgehead atoms. The average Bonchev–Trinajstić information content (AvgIpc) is 2.55. The van der Waals surface area contributed by atoms with Gasteiger partial charge < -0.3 is 0 Å². The van der Waals surface area contributed by atoms with Gasteiger partial charge in [-0.1, -0.05) is 46.6 Å². The fourth-order valence-electron chi connectivity index (χ4n) is 4.84. The molecule has 0 saturated heterocycles. The summed E-state index contributed by atoms with van der Waals surface area (Å²) in [5.41, 5.74) is 0.677. The molecule has 0 spiro atoms. The number of Topliss-reactive ketones (excluding diaryl/α,β-unsaturated/α-hetero) is 2. The molecule has 2 nitrogen and oxygen atoms in total. The minimum Gasteiger partial charge on any atom is -0.298 e. The van der Waals surface area contributed by atoms with Gasteiger partial charge in [-0.3, -0.25) is 9.59 Å². The number of carbonyl (C=O) groups is 2. The molecule has 6 atom stereocenters. The Hall–Kier alpha value is -0.570. The quantitative estimate of drug-likeness (QED) is 0.510. The summed E-state index contributed by atoms with van der Waals surface area (Å²) in [4.78, 5) is 25.8. The van der Waals surface area contributed by atoms with Gasteiger partial charge in [-0.2, -0.15) is 11.8 Å². The van der Waals surface area contributed by atoms with Crippen molar-refractivity contribution in [2.75, 3.05) is 6.26 Å². The smallest absolute Gasteiger partial charge is 0.169 e. The summed E-state index contributed by atoms with van der Waals surface area (Å²) in [5.74, 6) is 1.60. The maximum Gasteiger partial charge on any atom is 0.169 e. The molecule has 0 heterocycles. The lowest BCUT2D eigenvalue weighted by molar-refractivity contribution is -0.141. The number of carbonyl (C=O) groups excluding carboxylic acids is 2. The summed E-state index contributed by atoms with van der Waals surface area (Å²) in [7, 11) is 0. The van der Waals surface area contributed by atoms with E-state index >= 15 is 0 Å². The van der Waals surface area contributed by atoms with E-state index in [-0.39, 0.29) is 22.7 Å². The number of allylic oxidation sites excluding steroid dienone is 1. The minimum absolute atomic E-state index is 0.0112. The molecular formula is C20H32O2S. The maximum atomic E-state index is 13.1. The van der Waals surface area contributed by atoms with Crippen LogP contribution in [0.2, 0.25) is 0 Å². The highest BCUT2D eigenvalue weighted by atomic mass is 32.2. The predicted octanol–water partition coefficient (Wildman–Crippen LogP) is 4.92. The minimum atomic E-state index is -0.393. The third-order valence-electron chi connectivity index (χ3n) is 6.27. The first kappa shape index (κ1) is 18.8. The molecule has 0 radical (unpaired) electrons. The van der Waals surface area contributed by atoms with E-state index < -0.39 is 5.92 Å². The second-order valence-corrected chi connectivity index (χ2v) is 8.45. The Bertz CT molecular complexity index is 470. The number of ketones is 2. The van der Waals surface area contributed by atoms with Gasteiger partial charge >= 0.3 is 0 Å².